The van der Waals surface area contributed by atoms with E-state index in [1.807, 2.05) is 18.2 Å². The Kier molecular flexibility index (Phi) is 5.41. The Morgan fingerprint density at radius 3 is 2.63 bits per heavy atom. The third kappa shape index (κ3) is 4.07. The molecule has 0 bridgehead atoms. The lowest BCUT2D eigenvalue weighted by molar-refractivity contribution is -0.113. The molecule has 0 spiro atoms. The van der Waals surface area contributed by atoms with Crippen LogP contribution in [0.4, 0.5) is 5.69 Å². The number of amides is 1. The minimum Gasteiger partial charge on any atom is -0.488 e. The van der Waals surface area contributed by atoms with E-state index in [0.717, 1.165) is 19.9 Å². The highest BCUT2D eigenvalue weighted by atomic mass is 79.9. The van der Waals surface area contributed by atoms with Gasteiger partial charge in [0.1, 0.15) is 12.4 Å². The molecule has 3 rings (SSSR count). The van der Waals surface area contributed by atoms with Crippen molar-refractivity contribution in [1.29, 1.82) is 0 Å². The van der Waals surface area contributed by atoms with E-state index in [0.29, 0.717) is 17.0 Å². The highest BCUT2D eigenvalue weighted by molar-refractivity contribution is 9.10. The van der Waals surface area contributed by atoms with Gasteiger partial charge in [0.25, 0.3) is 5.91 Å². The number of ether oxygens (including phenoxy) is 1. The van der Waals surface area contributed by atoms with Crippen LogP contribution in [0.5, 0.6) is 5.75 Å². The second-order valence-corrected chi connectivity index (χ2v) is 9.43. The number of nitrogens with zero attached hydrogens (tertiary/aromatic N) is 1. The van der Waals surface area contributed by atoms with Crippen molar-refractivity contribution in [2.75, 3.05) is 26.0 Å². The second kappa shape index (κ2) is 7.46. The standard InChI is InChI=1S/C19H19BrN2O4S/c1-12-4-6-16(27(24,25)22(2)3)10-17(12)21-19(23)14-8-13-9-15(20)5-7-18(13)26-11-14/h4-10H,11H2,1-3H3,(H,21,23). The third-order valence-corrected chi connectivity index (χ3v) is 6.52. The molecule has 0 fully saturated rings. The zero-order valence-corrected chi connectivity index (χ0v) is 17.5. The van der Waals surface area contributed by atoms with Gasteiger partial charge < -0.3 is 10.1 Å². The van der Waals surface area contributed by atoms with Gasteiger partial charge in [0.2, 0.25) is 10.0 Å². The number of rotatable bonds is 4. The highest BCUT2D eigenvalue weighted by Gasteiger charge is 2.21. The van der Waals surface area contributed by atoms with Crippen molar-refractivity contribution >= 4 is 43.6 Å². The Bertz CT molecular complexity index is 1050. The van der Waals surface area contributed by atoms with E-state index in [9.17, 15) is 13.2 Å². The average Bonchev–Trinajstić information content (AvgIpc) is 2.62. The predicted octanol–water partition coefficient (Wildman–Crippen LogP) is 3.42. The van der Waals surface area contributed by atoms with E-state index in [4.69, 9.17) is 4.74 Å². The number of fused-ring (bicyclic) bond motifs is 1. The monoisotopic (exact) mass is 450 g/mol. The molecule has 0 saturated heterocycles. The number of nitrogens with one attached hydrogen (secondary N) is 1. The van der Waals surface area contributed by atoms with Gasteiger partial charge in [0.05, 0.1) is 10.5 Å². The summed E-state index contributed by atoms with van der Waals surface area (Å²) in [6, 6.07) is 10.2. The molecule has 2 aromatic carbocycles. The number of halogens is 1. The maximum absolute atomic E-state index is 12.7. The Morgan fingerprint density at radius 1 is 1.19 bits per heavy atom. The molecule has 0 aliphatic carbocycles. The number of anilines is 1. The number of hydrogen-bond acceptors (Lipinski definition) is 4. The highest BCUT2D eigenvalue weighted by Crippen LogP contribution is 2.30. The Balaban J connectivity index is 1.89. The number of sulfonamides is 1. The van der Waals surface area contributed by atoms with Crippen LogP contribution >= 0.6 is 15.9 Å². The predicted molar refractivity (Wildman–Crippen MR) is 108 cm³/mol. The Hall–Kier alpha value is -2.16. The number of aryl methyl sites for hydroxylation is 1. The van der Waals surface area contributed by atoms with Crippen LogP contribution in [0.15, 0.2) is 51.3 Å². The molecule has 1 aliphatic rings. The summed E-state index contributed by atoms with van der Waals surface area (Å²) >= 11 is 3.40. The fourth-order valence-electron chi connectivity index (χ4n) is 2.59. The van der Waals surface area contributed by atoms with Gasteiger partial charge in [-0.1, -0.05) is 22.0 Å². The zero-order valence-electron chi connectivity index (χ0n) is 15.1. The molecular formula is C19H19BrN2O4S. The van der Waals surface area contributed by atoms with Gasteiger partial charge in [-0.3, -0.25) is 4.79 Å². The van der Waals surface area contributed by atoms with Crippen molar-refractivity contribution in [3.05, 3.63) is 57.6 Å². The summed E-state index contributed by atoms with van der Waals surface area (Å²) < 4.78 is 32.3. The smallest absolute Gasteiger partial charge is 0.255 e. The molecule has 0 atom stereocenters. The van der Waals surface area contributed by atoms with Crippen LogP contribution in [0.25, 0.3) is 6.08 Å². The van der Waals surface area contributed by atoms with Crippen molar-refractivity contribution in [2.24, 2.45) is 0 Å². The first kappa shape index (κ1) is 19.6. The topological polar surface area (TPSA) is 75.7 Å². The summed E-state index contributed by atoms with van der Waals surface area (Å²) in [5.74, 6) is 0.383. The van der Waals surface area contributed by atoms with Gasteiger partial charge in [-0.2, -0.15) is 0 Å². The first-order valence-corrected chi connectivity index (χ1v) is 10.4. The van der Waals surface area contributed by atoms with Crippen LogP contribution in [0.2, 0.25) is 0 Å². The molecule has 0 saturated carbocycles. The van der Waals surface area contributed by atoms with Crippen molar-refractivity contribution in [3.8, 4) is 5.75 Å². The minimum absolute atomic E-state index is 0.122. The van der Waals surface area contributed by atoms with Crippen LogP contribution in [0.1, 0.15) is 11.1 Å². The fraction of sp³-hybridized carbons (Fsp3) is 0.211. The maximum Gasteiger partial charge on any atom is 0.255 e. The van der Waals surface area contributed by atoms with Gasteiger partial charge >= 0.3 is 0 Å². The van der Waals surface area contributed by atoms with Gasteiger partial charge in [-0.05, 0) is 48.9 Å². The van der Waals surface area contributed by atoms with Gasteiger partial charge in [0, 0.05) is 29.8 Å². The minimum atomic E-state index is -3.58. The molecule has 0 radical (unpaired) electrons. The SMILES string of the molecule is Cc1ccc(S(=O)(=O)N(C)C)cc1NC(=O)C1=Cc2cc(Br)ccc2OC1. The lowest BCUT2D eigenvalue weighted by atomic mass is 10.1. The number of carbonyl (C=O) groups excluding carboxylic acids is 1. The molecule has 8 heteroatoms. The number of hydrogen-bond donors (Lipinski definition) is 1. The van der Waals surface area contributed by atoms with Gasteiger partial charge in [0.15, 0.2) is 0 Å². The van der Waals surface area contributed by atoms with Crippen LogP contribution in [0, 0.1) is 6.92 Å². The summed E-state index contributed by atoms with van der Waals surface area (Å²) in [6.45, 7) is 1.95. The van der Waals surface area contributed by atoms with Crippen molar-refractivity contribution in [3.63, 3.8) is 0 Å². The summed E-state index contributed by atoms with van der Waals surface area (Å²) in [5, 5.41) is 2.79. The van der Waals surface area contributed by atoms with Crippen LogP contribution in [0.3, 0.4) is 0 Å². The van der Waals surface area contributed by atoms with E-state index in [1.165, 1.54) is 26.2 Å². The molecule has 6 nitrogen and oxygen atoms in total. The second-order valence-electron chi connectivity index (χ2n) is 6.36. The summed E-state index contributed by atoms with van der Waals surface area (Å²) in [7, 11) is -0.653. The van der Waals surface area contributed by atoms with Gasteiger partial charge in [-0.25, -0.2) is 12.7 Å². The third-order valence-electron chi connectivity index (χ3n) is 4.21. The lowest BCUT2D eigenvalue weighted by Crippen LogP contribution is -2.23. The quantitative estimate of drug-likeness (QED) is 0.773. The molecule has 1 aliphatic heterocycles. The first-order chi connectivity index (χ1) is 12.7. The van der Waals surface area contributed by atoms with Gasteiger partial charge in [-0.15, -0.1) is 0 Å². The van der Waals surface area contributed by atoms with Crippen LogP contribution in [-0.4, -0.2) is 39.3 Å². The van der Waals surface area contributed by atoms with E-state index in [-0.39, 0.29) is 17.4 Å². The molecule has 0 aromatic heterocycles. The van der Waals surface area contributed by atoms with Crippen molar-refractivity contribution < 1.29 is 17.9 Å². The molecule has 27 heavy (non-hydrogen) atoms. The maximum atomic E-state index is 12.7. The molecular weight excluding hydrogens is 432 g/mol. The average molecular weight is 451 g/mol. The van der Waals surface area contributed by atoms with Crippen LogP contribution in [-0.2, 0) is 14.8 Å². The van der Waals surface area contributed by atoms with Crippen molar-refractivity contribution in [1.82, 2.24) is 4.31 Å². The molecule has 142 valence electrons. The molecule has 1 N–H and O–H groups in total. The molecule has 0 unspecified atom stereocenters. The molecule has 1 amide bonds. The Labute approximate surface area is 167 Å². The normalized spacial score (nSPS) is 13.6. The summed E-state index contributed by atoms with van der Waals surface area (Å²) in [5.41, 5.74) is 2.48. The largest absolute Gasteiger partial charge is 0.488 e. The van der Waals surface area contributed by atoms with E-state index in [1.54, 1.807) is 19.1 Å². The van der Waals surface area contributed by atoms with E-state index in [2.05, 4.69) is 21.2 Å². The van der Waals surface area contributed by atoms with Crippen molar-refractivity contribution in [2.45, 2.75) is 11.8 Å². The van der Waals surface area contributed by atoms with E-state index >= 15 is 0 Å². The fourth-order valence-corrected chi connectivity index (χ4v) is 3.90. The summed E-state index contributed by atoms with van der Waals surface area (Å²) in [6.07, 6.45) is 1.77. The summed E-state index contributed by atoms with van der Waals surface area (Å²) in [4.78, 5) is 12.8. The first-order valence-electron chi connectivity index (χ1n) is 8.16. The van der Waals surface area contributed by atoms with E-state index < -0.39 is 10.0 Å². The lowest BCUT2D eigenvalue weighted by Gasteiger charge is -2.19. The molecule has 2 aromatic rings. The molecule has 1 heterocycles. The Morgan fingerprint density at radius 2 is 1.93 bits per heavy atom. The number of benzene rings is 2. The zero-order chi connectivity index (χ0) is 19.8. The number of carbonyl (C=O) groups is 1. The van der Waals surface area contributed by atoms with Crippen LogP contribution < -0.4 is 10.1 Å².